The lowest BCUT2D eigenvalue weighted by Gasteiger charge is -2.42. The minimum atomic E-state index is -0.340. The molecule has 0 aromatic heterocycles. The number of amides is 1. The second-order valence-corrected chi connectivity index (χ2v) is 5.95. The van der Waals surface area contributed by atoms with Gasteiger partial charge in [-0.3, -0.25) is 9.10 Å². The van der Waals surface area contributed by atoms with E-state index in [0.29, 0.717) is 6.67 Å². The number of piperidine rings is 1. The van der Waals surface area contributed by atoms with Gasteiger partial charge in [0.2, 0.25) is 5.91 Å². The lowest BCUT2D eigenvalue weighted by atomic mass is 9.86. The molecule has 2 saturated heterocycles. The van der Waals surface area contributed by atoms with Gasteiger partial charge in [0.05, 0.1) is 6.67 Å². The maximum absolute atomic E-state index is 12.4. The van der Waals surface area contributed by atoms with Crippen molar-refractivity contribution < 1.29 is 4.79 Å². The van der Waals surface area contributed by atoms with Gasteiger partial charge < -0.3 is 10.2 Å². The molecule has 2 fully saturated rings. The Morgan fingerprint density at radius 3 is 2.53 bits per heavy atom. The predicted octanol–water partition coefficient (Wildman–Crippen LogP) is 1.69. The molecule has 2 aliphatic heterocycles. The fraction of sp³-hybridized carbons (Fsp3) is 0.500. The molecule has 2 heterocycles. The average molecular weight is 277 g/mol. The number of nitrogens with one attached hydrogen (secondary N) is 1. The molecule has 0 unspecified atom stereocenters. The summed E-state index contributed by atoms with van der Waals surface area (Å²) < 4.78 is 2.33. The Morgan fingerprint density at radius 2 is 1.89 bits per heavy atom. The van der Waals surface area contributed by atoms with Crippen LogP contribution < -0.4 is 10.2 Å². The van der Waals surface area contributed by atoms with Crippen molar-refractivity contribution in [1.82, 2.24) is 9.62 Å². The number of carbonyl (C=O) groups is 1. The molecule has 2 aliphatic rings. The van der Waals surface area contributed by atoms with Crippen molar-refractivity contribution in [2.75, 3.05) is 30.9 Å². The molecule has 1 aromatic carbocycles. The number of hydrogen-bond donors (Lipinski definition) is 1. The summed E-state index contributed by atoms with van der Waals surface area (Å²) in [6, 6.07) is 10.2. The maximum Gasteiger partial charge on any atom is 0.247 e. The third-order valence-electron chi connectivity index (χ3n) is 4.21. The van der Waals surface area contributed by atoms with E-state index in [9.17, 15) is 4.79 Å². The van der Waals surface area contributed by atoms with Gasteiger partial charge in [0.15, 0.2) is 0 Å². The highest BCUT2D eigenvalue weighted by atomic mass is 32.2. The van der Waals surface area contributed by atoms with Gasteiger partial charge in [0.25, 0.3) is 0 Å². The van der Waals surface area contributed by atoms with E-state index in [4.69, 9.17) is 0 Å². The van der Waals surface area contributed by atoms with Gasteiger partial charge in [-0.2, -0.15) is 0 Å². The number of hydrogen-bond acceptors (Lipinski definition) is 4. The number of nitrogens with zero attached hydrogens (tertiary/aromatic N) is 2. The number of para-hydroxylation sites is 1. The zero-order valence-corrected chi connectivity index (χ0v) is 11.9. The van der Waals surface area contributed by atoms with Crippen molar-refractivity contribution in [1.29, 1.82) is 0 Å². The molecule has 102 valence electrons. The summed E-state index contributed by atoms with van der Waals surface area (Å²) in [6.07, 6.45) is 3.89. The molecule has 1 N–H and O–H groups in total. The number of rotatable bonds is 2. The van der Waals surface area contributed by atoms with Crippen LogP contribution >= 0.6 is 11.9 Å². The van der Waals surface area contributed by atoms with Gasteiger partial charge in [-0.25, -0.2) is 0 Å². The maximum atomic E-state index is 12.4. The summed E-state index contributed by atoms with van der Waals surface area (Å²) in [5.41, 5.74) is 0.798. The van der Waals surface area contributed by atoms with Gasteiger partial charge in [0, 0.05) is 18.8 Å². The summed E-state index contributed by atoms with van der Waals surface area (Å²) in [6.45, 7) is 2.57. The second-order valence-electron chi connectivity index (χ2n) is 5.07. The number of carbonyl (C=O) groups excluding carboxylic acids is 1. The molecule has 0 aliphatic carbocycles. The van der Waals surface area contributed by atoms with Crippen LogP contribution in [0.1, 0.15) is 12.8 Å². The van der Waals surface area contributed by atoms with E-state index < -0.39 is 0 Å². The first kappa shape index (κ1) is 12.8. The first-order chi connectivity index (χ1) is 9.26. The lowest BCUT2D eigenvalue weighted by Crippen LogP contribution is -2.55. The van der Waals surface area contributed by atoms with Gasteiger partial charge in [0.1, 0.15) is 5.54 Å². The average Bonchev–Trinajstić information content (AvgIpc) is 2.78. The van der Waals surface area contributed by atoms with Crippen molar-refractivity contribution in [3.05, 3.63) is 30.3 Å². The summed E-state index contributed by atoms with van der Waals surface area (Å²) in [7, 11) is 0. The van der Waals surface area contributed by atoms with E-state index in [1.807, 2.05) is 18.2 Å². The second kappa shape index (κ2) is 5.06. The van der Waals surface area contributed by atoms with E-state index in [-0.39, 0.29) is 11.4 Å². The Kier molecular flexibility index (Phi) is 3.41. The van der Waals surface area contributed by atoms with Crippen LogP contribution in [0.3, 0.4) is 0 Å². The molecule has 0 bridgehead atoms. The zero-order valence-electron chi connectivity index (χ0n) is 11.1. The van der Waals surface area contributed by atoms with Crippen molar-refractivity contribution >= 4 is 23.5 Å². The smallest absolute Gasteiger partial charge is 0.247 e. The van der Waals surface area contributed by atoms with E-state index in [2.05, 4.69) is 32.9 Å². The highest BCUT2D eigenvalue weighted by Gasteiger charge is 2.50. The van der Waals surface area contributed by atoms with Crippen LogP contribution in [0.15, 0.2) is 30.3 Å². The molecule has 0 atom stereocenters. The first-order valence-corrected chi connectivity index (χ1v) is 7.84. The molecular formula is C14H19N3OS. The molecule has 0 radical (unpaired) electrons. The summed E-state index contributed by atoms with van der Waals surface area (Å²) in [4.78, 5) is 14.6. The van der Waals surface area contributed by atoms with Crippen molar-refractivity contribution in [2.45, 2.75) is 18.4 Å². The highest BCUT2D eigenvalue weighted by molar-refractivity contribution is 7.96. The minimum absolute atomic E-state index is 0.192. The third-order valence-corrected chi connectivity index (χ3v) is 5.09. The quantitative estimate of drug-likeness (QED) is 0.835. The normalized spacial score (nSPS) is 22.8. The topological polar surface area (TPSA) is 35.6 Å². The van der Waals surface area contributed by atoms with Gasteiger partial charge in [-0.15, -0.1) is 0 Å². The Labute approximate surface area is 118 Å². The summed E-state index contributed by atoms with van der Waals surface area (Å²) in [5.74, 6) is 0.192. The fourth-order valence-electron chi connectivity index (χ4n) is 3.07. The van der Waals surface area contributed by atoms with Crippen LogP contribution in [0.25, 0.3) is 0 Å². The van der Waals surface area contributed by atoms with Gasteiger partial charge in [-0.05, 0) is 31.2 Å². The van der Waals surface area contributed by atoms with Crippen LogP contribution in [-0.4, -0.2) is 41.8 Å². The standard InChI is InChI=1S/C14H19N3OS/c1-19-16-9-7-14(8-10-16)13(18)15-11-17(14)12-5-3-2-4-6-12/h2-6H,7-11H2,1H3,(H,15,18). The Balaban J connectivity index is 1.87. The molecule has 19 heavy (non-hydrogen) atoms. The van der Waals surface area contributed by atoms with E-state index >= 15 is 0 Å². The molecule has 1 amide bonds. The molecule has 5 heteroatoms. The predicted molar refractivity (Wildman–Crippen MR) is 79.0 cm³/mol. The van der Waals surface area contributed by atoms with Crippen LogP contribution in [-0.2, 0) is 4.79 Å². The van der Waals surface area contributed by atoms with Gasteiger partial charge >= 0.3 is 0 Å². The van der Waals surface area contributed by atoms with E-state index in [1.165, 1.54) is 0 Å². The Morgan fingerprint density at radius 1 is 1.21 bits per heavy atom. The van der Waals surface area contributed by atoms with Crippen molar-refractivity contribution in [2.24, 2.45) is 0 Å². The van der Waals surface area contributed by atoms with Crippen LogP contribution in [0.2, 0.25) is 0 Å². The summed E-state index contributed by atoms with van der Waals surface area (Å²) >= 11 is 1.77. The molecule has 3 rings (SSSR count). The molecular weight excluding hydrogens is 258 g/mol. The minimum Gasteiger partial charge on any atom is -0.339 e. The Bertz CT molecular complexity index is 457. The number of anilines is 1. The van der Waals surface area contributed by atoms with Crippen LogP contribution in [0.5, 0.6) is 0 Å². The fourth-order valence-corrected chi connectivity index (χ4v) is 3.62. The SMILES string of the molecule is CSN1CCC2(CC1)C(=O)NCN2c1ccccc1. The van der Waals surface area contributed by atoms with E-state index in [0.717, 1.165) is 31.6 Å². The molecule has 1 aromatic rings. The largest absolute Gasteiger partial charge is 0.339 e. The Hall–Kier alpha value is -1.20. The zero-order chi connectivity index (χ0) is 13.3. The van der Waals surface area contributed by atoms with E-state index in [1.54, 1.807) is 11.9 Å². The monoisotopic (exact) mass is 277 g/mol. The van der Waals surface area contributed by atoms with Crippen LogP contribution in [0.4, 0.5) is 5.69 Å². The number of benzene rings is 1. The third kappa shape index (κ3) is 2.11. The van der Waals surface area contributed by atoms with Crippen LogP contribution in [0, 0.1) is 0 Å². The molecule has 1 spiro atoms. The van der Waals surface area contributed by atoms with Gasteiger partial charge in [-0.1, -0.05) is 30.1 Å². The van der Waals surface area contributed by atoms with Crippen molar-refractivity contribution in [3.63, 3.8) is 0 Å². The molecule has 4 nitrogen and oxygen atoms in total. The van der Waals surface area contributed by atoms with Crippen molar-refractivity contribution in [3.8, 4) is 0 Å². The molecule has 0 saturated carbocycles. The highest BCUT2D eigenvalue weighted by Crippen LogP contribution is 2.37. The summed E-state index contributed by atoms with van der Waals surface area (Å²) in [5, 5.41) is 3.02. The lowest BCUT2D eigenvalue weighted by molar-refractivity contribution is -0.124. The first-order valence-electron chi connectivity index (χ1n) is 6.66.